The minimum absolute atomic E-state index is 0.00217. The fraction of sp³-hybridized carbons (Fsp3) is 0.429. The summed E-state index contributed by atoms with van der Waals surface area (Å²) in [5.74, 6) is 0.130. The molecular weight excluding hydrogens is 262 g/mol. The number of rotatable bonds is 4. The van der Waals surface area contributed by atoms with Gasteiger partial charge >= 0.3 is 5.97 Å². The Kier molecular flexibility index (Phi) is 4.45. The van der Waals surface area contributed by atoms with Gasteiger partial charge in [0.1, 0.15) is 6.61 Å². The summed E-state index contributed by atoms with van der Waals surface area (Å²) >= 11 is 0. The van der Waals surface area contributed by atoms with Crippen molar-refractivity contribution in [3.63, 3.8) is 0 Å². The van der Waals surface area contributed by atoms with Crippen molar-refractivity contribution in [2.75, 3.05) is 13.2 Å². The lowest BCUT2D eigenvalue weighted by Crippen LogP contribution is -2.40. The lowest BCUT2D eigenvalue weighted by atomic mass is 10.2. The maximum Gasteiger partial charge on any atom is 0.351 e. The van der Waals surface area contributed by atoms with Gasteiger partial charge in [0.25, 0.3) is 5.91 Å². The molecule has 1 aromatic rings. The Balaban J connectivity index is 1.84. The van der Waals surface area contributed by atoms with Crippen LogP contribution in [0.15, 0.2) is 24.3 Å². The maximum absolute atomic E-state index is 11.8. The number of amides is 1. The van der Waals surface area contributed by atoms with Gasteiger partial charge in [-0.2, -0.15) is 0 Å². The van der Waals surface area contributed by atoms with Gasteiger partial charge in [-0.1, -0.05) is 12.1 Å². The highest BCUT2D eigenvalue weighted by Gasteiger charge is 2.29. The van der Waals surface area contributed by atoms with Gasteiger partial charge in [-0.25, -0.2) is 4.79 Å². The van der Waals surface area contributed by atoms with Crippen molar-refractivity contribution >= 4 is 11.9 Å². The monoisotopic (exact) mass is 279 g/mol. The Morgan fingerprint density at radius 2 is 2.05 bits per heavy atom. The number of carbonyl (C=O) groups is 2. The van der Waals surface area contributed by atoms with Gasteiger partial charge in [0, 0.05) is 6.04 Å². The van der Waals surface area contributed by atoms with E-state index < -0.39 is 12.1 Å². The second-order valence-corrected chi connectivity index (χ2v) is 4.69. The lowest BCUT2D eigenvalue weighted by molar-refractivity contribution is -0.157. The minimum atomic E-state index is -0.850. The van der Waals surface area contributed by atoms with Crippen molar-refractivity contribution in [1.82, 2.24) is 5.32 Å². The number of ether oxygens (including phenoxy) is 3. The molecule has 1 aromatic carbocycles. The van der Waals surface area contributed by atoms with Gasteiger partial charge in [-0.3, -0.25) is 4.79 Å². The van der Waals surface area contributed by atoms with Crippen molar-refractivity contribution in [3.8, 4) is 11.5 Å². The number of esters is 1. The molecule has 6 nitrogen and oxygen atoms in total. The molecule has 1 aliphatic rings. The Hall–Kier alpha value is -2.24. The first-order valence-electron chi connectivity index (χ1n) is 6.40. The van der Waals surface area contributed by atoms with Crippen LogP contribution in [0.2, 0.25) is 0 Å². The van der Waals surface area contributed by atoms with E-state index in [1.54, 1.807) is 18.2 Å². The molecule has 0 aromatic heterocycles. The SMILES string of the molecule is CC(C)NC(=O)COC(=O)[C@@H]1COc2ccccc2O1. The predicted molar refractivity (Wildman–Crippen MR) is 70.6 cm³/mol. The quantitative estimate of drug-likeness (QED) is 0.829. The number of fused-ring (bicyclic) bond motifs is 1. The molecular formula is C14H17NO5. The first kappa shape index (κ1) is 14.2. The molecule has 0 unspecified atom stereocenters. The highest BCUT2D eigenvalue weighted by atomic mass is 16.6. The fourth-order valence-corrected chi connectivity index (χ4v) is 1.73. The van der Waals surface area contributed by atoms with Gasteiger partial charge in [-0.15, -0.1) is 0 Å². The van der Waals surface area contributed by atoms with Gasteiger partial charge in [-0.05, 0) is 26.0 Å². The van der Waals surface area contributed by atoms with E-state index in [2.05, 4.69) is 5.32 Å². The molecule has 20 heavy (non-hydrogen) atoms. The highest BCUT2D eigenvalue weighted by Crippen LogP contribution is 2.30. The van der Waals surface area contributed by atoms with Crippen LogP contribution in [0.5, 0.6) is 11.5 Å². The number of para-hydroxylation sites is 2. The third kappa shape index (κ3) is 3.63. The summed E-state index contributed by atoms with van der Waals surface area (Å²) in [5, 5.41) is 2.63. The van der Waals surface area contributed by atoms with E-state index >= 15 is 0 Å². The lowest BCUT2D eigenvalue weighted by Gasteiger charge is -2.24. The van der Waals surface area contributed by atoms with Gasteiger partial charge in [0.05, 0.1) is 0 Å². The summed E-state index contributed by atoms with van der Waals surface area (Å²) in [6.07, 6.45) is -0.850. The van der Waals surface area contributed by atoms with E-state index in [9.17, 15) is 9.59 Å². The van der Waals surface area contributed by atoms with Gasteiger partial charge in [0.15, 0.2) is 18.1 Å². The van der Waals surface area contributed by atoms with Crippen LogP contribution in [0, 0.1) is 0 Å². The van der Waals surface area contributed by atoms with Crippen LogP contribution in [-0.4, -0.2) is 37.2 Å². The van der Waals surface area contributed by atoms with Gasteiger partial charge < -0.3 is 19.5 Å². The van der Waals surface area contributed by atoms with Crippen LogP contribution in [0.4, 0.5) is 0 Å². The largest absolute Gasteiger partial charge is 0.485 e. The van der Waals surface area contributed by atoms with Crippen LogP contribution in [0.25, 0.3) is 0 Å². The Morgan fingerprint density at radius 1 is 1.35 bits per heavy atom. The normalized spacial score (nSPS) is 16.6. The molecule has 2 rings (SSSR count). The second kappa shape index (κ2) is 6.27. The van der Waals surface area contributed by atoms with Crippen molar-refractivity contribution in [2.24, 2.45) is 0 Å². The highest BCUT2D eigenvalue weighted by molar-refractivity contribution is 5.82. The third-order valence-electron chi connectivity index (χ3n) is 2.57. The summed E-state index contributed by atoms with van der Waals surface area (Å²) in [6.45, 7) is 3.41. The predicted octanol–water partition coefficient (Wildman–Crippen LogP) is 0.894. The molecule has 0 fully saturated rings. The molecule has 0 bridgehead atoms. The van der Waals surface area contributed by atoms with Crippen LogP contribution in [-0.2, 0) is 14.3 Å². The molecule has 1 N–H and O–H groups in total. The fourth-order valence-electron chi connectivity index (χ4n) is 1.73. The van der Waals surface area contributed by atoms with Crippen molar-refractivity contribution in [2.45, 2.75) is 26.0 Å². The Bertz CT molecular complexity index is 500. The average molecular weight is 279 g/mol. The number of carbonyl (C=O) groups excluding carboxylic acids is 2. The first-order valence-corrected chi connectivity index (χ1v) is 6.40. The zero-order valence-corrected chi connectivity index (χ0v) is 11.4. The van der Waals surface area contributed by atoms with E-state index in [1.807, 2.05) is 19.9 Å². The Labute approximate surface area is 117 Å². The minimum Gasteiger partial charge on any atom is -0.485 e. The molecule has 1 heterocycles. The molecule has 0 saturated carbocycles. The first-order chi connectivity index (χ1) is 9.56. The molecule has 6 heteroatoms. The number of nitrogens with one attached hydrogen (secondary N) is 1. The standard InChI is InChI=1S/C14H17NO5/c1-9(2)15-13(16)8-19-14(17)12-7-18-10-5-3-4-6-11(10)20-12/h3-6,9,12H,7-8H2,1-2H3,(H,15,16)/t12-/m0/s1. The number of hydrogen-bond donors (Lipinski definition) is 1. The van der Waals surface area contributed by atoms with E-state index in [-0.39, 0.29) is 25.2 Å². The van der Waals surface area contributed by atoms with Crippen molar-refractivity contribution in [1.29, 1.82) is 0 Å². The number of benzene rings is 1. The molecule has 1 aliphatic heterocycles. The maximum atomic E-state index is 11.8. The molecule has 1 atom stereocenters. The zero-order chi connectivity index (χ0) is 14.5. The average Bonchev–Trinajstić information content (AvgIpc) is 2.43. The summed E-state index contributed by atoms with van der Waals surface area (Å²) in [5.41, 5.74) is 0. The second-order valence-electron chi connectivity index (χ2n) is 4.69. The summed E-state index contributed by atoms with van der Waals surface area (Å²) in [7, 11) is 0. The van der Waals surface area contributed by atoms with E-state index in [1.165, 1.54) is 0 Å². The molecule has 0 spiro atoms. The third-order valence-corrected chi connectivity index (χ3v) is 2.57. The summed E-state index contributed by atoms with van der Waals surface area (Å²) in [4.78, 5) is 23.2. The van der Waals surface area contributed by atoms with Crippen molar-refractivity contribution in [3.05, 3.63) is 24.3 Å². The van der Waals surface area contributed by atoms with Crippen LogP contribution >= 0.6 is 0 Å². The van der Waals surface area contributed by atoms with Crippen LogP contribution in [0.1, 0.15) is 13.8 Å². The smallest absolute Gasteiger partial charge is 0.351 e. The zero-order valence-electron chi connectivity index (χ0n) is 11.4. The van der Waals surface area contributed by atoms with Gasteiger partial charge in [0.2, 0.25) is 6.10 Å². The Morgan fingerprint density at radius 3 is 2.75 bits per heavy atom. The molecule has 0 radical (unpaired) electrons. The topological polar surface area (TPSA) is 73.9 Å². The van der Waals surface area contributed by atoms with Crippen LogP contribution < -0.4 is 14.8 Å². The summed E-state index contributed by atoms with van der Waals surface area (Å²) < 4.78 is 15.8. The van der Waals surface area contributed by atoms with E-state index in [4.69, 9.17) is 14.2 Å². The molecule has 108 valence electrons. The van der Waals surface area contributed by atoms with Crippen LogP contribution in [0.3, 0.4) is 0 Å². The molecule has 0 saturated heterocycles. The summed E-state index contributed by atoms with van der Waals surface area (Å²) in [6, 6.07) is 7.07. The molecule has 1 amide bonds. The number of hydrogen-bond acceptors (Lipinski definition) is 5. The molecule has 0 aliphatic carbocycles. The van der Waals surface area contributed by atoms with E-state index in [0.717, 1.165) is 0 Å². The van der Waals surface area contributed by atoms with Crippen molar-refractivity contribution < 1.29 is 23.8 Å². The van der Waals surface area contributed by atoms with E-state index in [0.29, 0.717) is 11.5 Å².